The predicted molar refractivity (Wildman–Crippen MR) is 45.0 cm³/mol. The number of hydrogen-bond acceptors (Lipinski definition) is 5. The molecule has 6 heteroatoms. The summed E-state index contributed by atoms with van der Waals surface area (Å²) in [5.41, 5.74) is 4.49. The molecule has 2 N–H and O–H groups in total. The van der Waals surface area contributed by atoms with Crippen LogP contribution in [0, 0.1) is 0 Å². The van der Waals surface area contributed by atoms with Crippen LogP contribution in [0.2, 0.25) is 0 Å². The van der Waals surface area contributed by atoms with Crippen molar-refractivity contribution in [3.05, 3.63) is 0 Å². The van der Waals surface area contributed by atoms with Gasteiger partial charge in [0.1, 0.15) is 0 Å². The first-order valence-electron chi connectivity index (χ1n) is 4.85. The van der Waals surface area contributed by atoms with E-state index in [2.05, 4.69) is 0 Å². The Labute approximate surface area is 131 Å². The predicted octanol–water partition coefficient (Wildman–Crippen LogP) is -4.25. The number of aliphatic carboxylic acids is 1. The van der Waals surface area contributed by atoms with Crippen LogP contribution in [0.4, 0.5) is 0 Å². The molecule has 1 spiro atoms. The van der Waals surface area contributed by atoms with Crippen molar-refractivity contribution in [3.63, 3.8) is 0 Å². The van der Waals surface area contributed by atoms with Gasteiger partial charge in [0, 0.05) is 12.8 Å². The van der Waals surface area contributed by atoms with Crippen molar-refractivity contribution < 1.29 is 70.8 Å². The Morgan fingerprint density at radius 2 is 1.60 bits per heavy atom. The van der Waals surface area contributed by atoms with Gasteiger partial charge in [0.05, 0.1) is 24.7 Å². The SMILES string of the molecule is NC1(C(=O)[O-])CCC2(CC1)OCCO2.[K+]. The molecule has 1 aliphatic heterocycles. The van der Waals surface area contributed by atoms with Crippen LogP contribution >= 0.6 is 0 Å². The number of rotatable bonds is 1. The summed E-state index contributed by atoms with van der Waals surface area (Å²) in [6.07, 6.45) is 1.79. The molecule has 0 atom stereocenters. The number of hydrogen-bond donors (Lipinski definition) is 1. The third-order valence-electron chi connectivity index (χ3n) is 3.12. The molecule has 0 amide bonds. The normalized spacial score (nSPS) is 27.3. The van der Waals surface area contributed by atoms with Crippen LogP contribution in [0.15, 0.2) is 0 Å². The van der Waals surface area contributed by atoms with E-state index in [1.807, 2.05) is 0 Å². The van der Waals surface area contributed by atoms with Gasteiger partial charge in [0.2, 0.25) is 0 Å². The quantitative estimate of drug-likeness (QED) is 0.469. The second kappa shape index (κ2) is 5.10. The third-order valence-corrected chi connectivity index (χ3v) is 3.12. The fourth-order valence-electron chi connectivity index (χ4n) is 2.07. The second-order valence-electron chi connectivity index (χ2n) is 4.05. The average Bonchev–Trinajstić information content (AvgIpc) is 2.60. The maximum absolute atomic E-state index is 10.8. The van der Waals surface area contributed by atoms with Gasteiger partial charge in [-0.05, 0) is 12.8 Å². The Kier molecular flexibility index (Phi) is 4.77. The summed E-state index contributed by atoms with van der Waals surface area (Å²) in [6.45, 7) is 1.17. The van der Waals surface area contributed by atoms with Crippen LogP contribution in [0.25, 0.3) is 0 Å². The van der Waals surface area contributed by atoms with Crippen molar-refractivity contribution in [3.8, 4) is 0 Å². The molecule has 15 heavy (non-hydrogen) atoms. The Bertz CT molecular complexity index is 242. The maximum atomic E-state index is 10.8. The Morgan fingerprint density at radius 1 is 1.13 bits per heavy atom. The van der Waals surface area contributed by atoms with Crippen molar-refractivity contribution in [2.75, 3.05) is 13.2 Å². The summed E-state index contributed by atoms with van der Waals surface area (Å²) in [6, 6.07) is 0. The topological polar surface area (TPSA) is 84.6 Å². The molecule has 0 radical (unpaired) electrons. The summed E-state index contributed by atoms with van der Waals surface area (Å²) in [7, 11) is 0. The summed E-state index contributed by atoms with van der Waals surface area (Å²) in [5, 5.41) is 10.8. The molecule has 1 saturated carbocycles. The smallest absolute Gasteiger partial charge is 0.548 e. The van der Waals surface area contributed by atoms with Crippen molar-refractivity contribution in [2.24, 2.45) is 5.73 Å². The van der Waals surface area contributed by atoms with Crippen LogP contribution in [-0.2, 0) is 14.3 Å². The van der Waals surface area contributed by atoms with Gasteiger partial charge in [-0.1, -0.05) is 0 Å². The van der Waals surface area contributed by atoms with Crippen molar-refractivity contribution in [2.45, 2.75) is 37.0 Å². The molecule has 0 aromatic heterocycles. The summed E-state index contributed by atoms with van der Waals surface area (Å²) in [4.78, 5) is 10.8. The largest absolute Gasteiger partial charge is 1.00 e. The van der Waals surface area contributed by atoms with Gasteiger partial charge in [0.15, 0.2) is 5.79 Å². The second-order valence-corrected chi connectivity index (χ2v) is 4.05. The van der Waals surface area contributed by atoms with E-state index in [1.165, 1.54) is 0 Å². The minimum atomic E-state index is -1.19. The summed E-state index contributed by atoms with van der Waals surface area (Å²) in [5.74, 6) is -1.73. The van der Waals surface area contributed by atoms with E-state index in [1.54, 1.807) is 0 Å². The van der Waals surface area contributed by atoms with Gasteiger partial charge in [-0.15, -0.1) is 0 Å². The maximum Gasteiger partial charge on any atom is 1.00 e. The molecule has 0 aromatic carbocycles. The molecular formula is C9H14KNO4. The molecule has 1 aliphatic carbocycles. The van der Waals surface area contributed by atoms with Crippen LogP contribution < -0.4 is 62.2 Å². The summed E-state index contributed by atoms with van der Waals surface area (Å²) >= 11 is 0. The Hall–Kier alpha value is 0.986. The minimum Gasteiger partial charge on any atom is -0.548 e. The zero-order valence-electron chi connectivity index (χ0n) is 8.95. The van der Waals surface area contributed by atoms with E-state index in [9.17, 15) is 9.90 Å². The van der Waals surface area contributed by atoms with E-state index in [0.717, 1.165) is 0 Å². The minimum absolute atomic E-state index is 0. The van der Waals surface area contributed by atoms with E-state index < -0.39 is 17.3 Å². The van der Waals surface area contributed by atoms with Crippen LogP contribution in [-0.4, -0.2) is 30.5 Å². The van der Waals surface area contributed by atoms with Crippen LogP contribution in [0.1, 0.15) is 25.7 Å². The van der Waals surface area contributed by atoms with Gasteiger partial charge in [-0.3, -0.25) is 0 Å². The van der Waals surface area contributed by atoms with Crippen LogP contribution in [0.3, 0.4) is 0 Å². The first-order valence-corrected chi connectivity index (χ1v) is 4.85. The van der Waals surface area contributed by atoms with Gasteiger partial charge < -0.3 is 25.1 Å². The van der Waals surface area contributed by atoms with Gasteiger partial charge in [0.25, 0.3) is 0 Å². The average molecular weight is 239 g/mol. The fourth-order valence-corrected chi connectivity index (χ4v) is 2.07. The first-order chi connectivity index (χ1) is 6.56. The van der Waals surface area contributed by atoms with Crippen molar-refractivity contribution in [1.82, 2.24) is 0 Å². The molecule has 5 nitrogen and oxygen atoms in total. The fraction of sp³-hybridized carbons (Fsp3) is 0.889. The van der Waals surface area contributed by atoms with Gasteiger partial charge in [-0.2, -0.15) is 0 Å². The summed E-state index contributed by atoms with van der Waals surface area (Å²) < 4.78 is 10.9. The molecule has 0 aromatic rings. The molecular weight excluding hydrogens is 225 g/mol. The molecule has 80 valence electrons. The van der Waals surface area contributed by atoms with Crippen molar-refractivity contribution in [1.29, 1.82) is 0 Å². The first kappa shape index (κ1) is 14.0. The molecule has 2 aliphatic rings. The Balaban J connectivity index is 0.00000112. The van der Waals surface area contributed by atoms with Gasteiger partial charge in [-0.25, -0.2) is 0 Å². The molecule has 1 saturated heterocycles. The molecule has 0 unspecified atom stereocenters. The monoisotopic (exact) mass is 239 g/mol. The third kappa shape index (κ3) is 2.81. The van der Waals surface area contributed by atoms with E-state index in [-0.39, 0.29) is 51.4 Å². The number of carbonyl (C=O) groups excluding carboxylic acids is 1. The molecule has 1 heterocycles. The zero-order chi connectivity index (χ0) is 10.2. The number of carbonyl (C=O) groups is 1. The number of carboxylic acid groups (broad SMARTS) is 1. The number of nitrogens with two attached hydrogens (primary N) is 1. The van der Waals surface area contributed by atoms with Gasteiger partial charge >= 0.3 is 51.4 Å². The zero-order valence-corrected chi connectivity index (χ0v) is 12.1. The van der Waals surface area contributed by atoms with Crippen LogP contribution in [0.5, 0.6) is 0 Å². The molecule has 2 fully saturated rings. The number of carboxylic acids is 1. The molecule has 0 bridgehead atoms. The Morgan fingerprint density at radius 3 is 2.00 bits per heavy atom. The van der Waals surface area contributed by atoms with E-state index >= 15 is 0 Å². The number of ether oxygens (including phenoxy) is 2. The van der Waals surface area contributed by atoms with Crippen molar-refractivity contribution >= 4 is 5.97 Å². The van der Waals surface area contributed by atoms with E-state index in [4.69, 9.17) is 15.2 Å². The van der Waals surface area contributed by atoms with E-state index in [0.29, 0.717) is 38.9 Å². The standard InChI is InChI=1S/C9H15NO4.K/c10-8(7(11)12)1-3-9(4-2-8)13-5-6-14-9;/h1-6,10H2,(H,11,12);/q;+1/p-1. The molecule has 2 rings (SSSR count).